The molecule has 92 valence electrons. The van der Waals surface area contributed by atoms with E-state index in [0.717, 1.165) is 19.5 Å². The molecule has 0 aromatic carbocycles. The van der Waals surface area contributed by atoms with Crippen molar-refractivity contribution < 1.29 is 4.42 Å². The van der Waals surface area contributed by atoms with E-state index in [1.807, 2.05) is 6.07 Å². The van der Waals surface area contributed by atoms with E-state index < -0.39 is 0 Å². The Morgan fingerprint density at radius 2 is 2.19 bits per heavy atom. The maximum absolute atomic E-state index is 5.72. The third-order valence-electron chi connectivity index (χ3n) is 2.76. The molecule has 0 saturated carbocycles. The summed E-state index contributed by atoms with van der Waals surface area (Å²) in [4.78, 5) is 0. The molecule has 1 aromatic heterocycles. The van der Waals surface area contributed by atoms with Crippen LogP contribution in [0, 0.1) is 5.92 Å². The number of furan rings is 1. The van der Waals surface area contributed by atoms with Crippen molar-refractivity contribution in [1.82, 2.24) is 5.32 Å². The Kier molecular flexibility index (Phi) is 6.19. The summed E-state index contributed by atoms with van der Waals surface area (Å²) in [5.41, 5.74) is 6.93. The monoisotopic (exact) mass is 224 g/mol. The Bertz CT molecular complexity index is 257. The fourth-order valence-electron chi connectivity index (χ4n) is 1.75. The Hall–Kier alpha value is -0.800. The highest BCUT2D eigenvalue weighted by atomic mass is 16.3. The van der Waals surface area contributed by atoms with Gasteiger partial charge in [0.05, 0.1) is 12.5 Å². The minimum absolute atomic E-state index is 0.339. The average Bonchev–Trinajstić information content (AvgIpc) is 2.70. The van der Waals surface area contributed by atoms with Gasteiger partial charge in [0.1, 0.15) is 0 Å². The van der Waals surface area contributed by atoms with Gasteiger partial charge in [-0.15, -0.1) is 0 Å². The zero-order chi connectivity index (χ0) is 11.8. The highest BCUT2D eigenvalue weighted by molar-refractivity contribution is 5.04. The molecule has 3 heteroatoms. The first-order valence-electron chi connectivity index (χ1n) is 6.16. The number of nitrogens with two attached hydrogens (primary N) is 1. The van der Waals surface area contributed by atoms with E-state index in [4.69, 9.17) is 10.2 Å². The van der Waals surface area contributed by atoms with Gasteiger partial charge in [0.15, 0.2) is 0 Å². The quantitative estimate of drug-likeness (QED) is 0.713. The molecule has 3 N–H and O–H groups in total. The van der Waals surface area contributed by atoms with Crippen LogP contribution < -0.4 is 11.1 Å². The van der Waals surface area contributed by atoms with E-state index in [9.17, 15) is 0 Å². The van der Waals surface area contributed by atoms with Crippen molar-refractivity contribution in [3.8, 4) is 0 Å². The summed E-state index contributed by atoms with van der Waals surface area (Å²) in [6.45, 7) is 6.31. The number of hydrogen-bond acceptors (Lipinski definition) is 3. The summed E-state index contributed by atoms with van der Waals surface area (Å²) < 4.78 is 5.01. The predicted molar refractivity (Wildman–Crippen MR) is 67.1 cm³/mol. The number of nitrogens with one attached hydrogen (secondary N) is 1. The molecule has 1 aromatic rings. The van der Waals surface area contributed by atoms with Crippen molar-refractivity contribution in [2.24, 2.45) is 11.7 Å². The van der Waals surface area contributed by atoms with Crippen LogP contribution in [0.1, 0.15) is 38.7 Å². The first-order chi connectivity index (χ1) is 7.68. The van der Waals surface area contributed by atoms with Crippen LogP contribution in [0.3, 0.4) is 0 Å². The van der Waals surface area contributed by atoms with Crippen molar-refractivity contribution in [3.63, 3.8) is 0 Å². The second-order valence-electron chi connectivity index (χ2n) is 4.78. The van der Waals surface area contributed by atoms with E-state index in [1.165, 1.54) is 18.4 Å². The Morgan fingerprint density at radius 1 is 1.38 bits per heavy atom. The Labute approximate surface area is 98.4 Å². The zero-order valence-corrected chi connectivity index (χ0v) is 10.4. The van der Waals surface area contributed by atoms with Crippen molar-refractivity contribution in [3.05, 3.63) is 24.2 Å². The van der Waals surface area contributed by atoms with E-state index in [-0.39, 0.29) is 0 Å². The summed E-state index contributed by atoms with van der Waals surface area (Å²) in [6, 6.07) is 2.33. The smallest absolute Gasteiger partial charge is 0.0947 e. The standard InChI is InChI=1S/C13H24N2O/c1-11(4-3-5-12(2)14)8-15-9-13-6-7-16-10-13/h6-7,10-12,15H,3-5,8-9,14H2,1-2H3. The number of hydrogen-bond donors (Lipinski definition) is 2. The highest BCUT2D eigenvalue weighted by Gasteiger charge is 2.03. The Morgan fingerprint density at radius 3 is 2.81 bits per heavy atom. The van der Waals surface area contributed by atoms with Gasteiger partial charge in [0.25, 0.3) is 0 Å². The summed E-state index contributed by atoms with van der Waals surface area (Å²) in [5, 5.41) is 3.43. The fourth-order valence-corrected chi connectivity index (χ4v) is 1.75. The maximum Gasteiger partial charge on any atom is 0.0947 e. The molecule has 0 aliphatic rings. The molecule has 3 nitrogen and oxygen atoms in total. The van der Waals surface area contributed by atoms with Crippen LogP contribution in [0.5, 0.6) is 0 Å². The summed E-state index contributed by atoms with van der Waals surface area (Å²) in [6.07, 6.45) is 7.11. The molecule has 0 fully saturated rings. The highest BCUT2D eigenvalue weighted by Crippen LogP contribution is 2.08. The minimum atomic E-state index is 0.339. The van der Waals surface area contributed by atoms with Crippen molar-refractivity contribution >= 4 is 0 Å². The second-order valence-corrected chi connectivity index (χ2v) is 4.78. The lowest BCUT2D eigenvalue weighted by atomic mass is 10.0. The topological polar surface area (TPSA) is 51.2 Å². The third-order valence-corrected chi connectivity index (χ3v) is 2.76. The van der Waals surface area contributed by atoms with Gasteiger partial charge in [-0.3, -0.25) is 0 Å². The van der Waals surface area contributed by atoms with Gasteiger partial charge in [-0.25, -0.2) is 0 Å². The second kappa shape index (κ2) is 7.47. The van der Waals surface area contributed by atoms with E-state index in [0.29, 0.717) is 12.0 Å². The molecular formula is C13H24N2O. The Balaban J connectivity index is 2.00. The van der Waals surface area contributed by atoms with Crippen LogP contribution >= 0.6 is 0 Å². The molecule has 1 heterocycles. The number of rotatable bonds is 8. The average molecular weight is 224 g/mol. The van der Waals surface area contributed by atoms with E-state index in [1.54, 1.807) is 12.5 Å². The summed E-state index contributed by atoms with van der Waals surface area (Å²) >= 11 is 0. The maximum atomic E-state index is 5.72. The first kappa shape index (κ1) is 13.3. The predicted octanol–water partition coefficient (Wildman–Crippen LogP) is 2.52. The van der Waals surface area contributed by atoms with Gasteiger partial charge in [-0.05, 0) is 38.3 Å². The summed E-state index contributed by atoms with van der Waals surface area (Å²) in [7, 11) is 0. The SMILES string of the molecule is CC(N)CCCC(C)CNCc1ccoc1. The lowest BCUT2D eigenvalue weighted by Gasteiger charge is -2.12. The molecule has 0 aliphatic carbocycles. The van der Waals surface area contributed by atoms with Crippen molar-refractivity contribution in [1.29, 1.82) is 0 Å². The van der Waals surface area contributed by atoms with Gasteiger partial charge in [-0.2, -0.15) is 0 Å². The van der Waals surface area contributed by atoms with Gasteiger partial charge in [0, 0.05) is 18.2 Å². The summed E-state index contributed by atoms with van der Waals surface area (Å²) in [5.74, 6) is 0.714. The third kappa shape index (κ3) is 5.93. The molecule has 0 radical (unpaired) electrons. The van der Waals surface area contributed by atoms with Gasteiger partial charge in [-0.1, -0.05) is 13.3 Å². The van der Waals surface area contributed by atoms with E-state index in [2.05, 4.69) is 19.2 Å². The van der Waals surface area contributed by atoms with Crippen molar-refractivity contribution in [2.75, 3.05) is 6.54 Å². The lowest BCUT2D eigenvalue weighted by molar-refractivity contribution is 0.447. The van der Waals surface area contributed by atoms with Crippen LogP contribution in [0.4, 0.5) is 0 Å². The van der Waals surface area contributed by atoms with Gasteiger partial charge in [0.2, 0.25) is 0 Å². The molecule has 1 rings (SSSR count). The molecule has 0 saturated heterocycles. The van der Waals surface area contributed by atoms with Gasteiger partial charge >= 0.3 is 0 Å². The molecule has 0 bridgehead atoms. The van der Waals surface area contributed by atoms with Crippen LogP contribution in [0.2, 0.25) is 0 Å². The minimum Gasteiger partial charge on any atom is -0.472 e. The van der Waals surface area contributed by atoms with Crippen LogP contribution in [0.15, 0.2) is 23.0 Å². The molecule has 0 spiro atoms. The largest absolute Gasteiger partial charge is 0.472 e. The molecule has 0 amide bonds. The molecule has 16 heavy (non-hydrogen) atoms. The molecule has 0 aliphatic heterocycles. The zero-order valence-electron chi connectivity index (χ0n) is 10.4. The first-order valence-corrected chi connectivity index (χ1v) is 6.16. The molecule has 2 atom stereocenters. The van der Waals surface area contributed by atoms with Crippen LogP contribution in [-0.2, 0) is 6.54 Å². The molecular weight excluding hydrogens is 200 g/mol. The van der Waals surface area contributed by atoms with Crippen molar-refractivity contribution in [2.45, 2.75) is 45.7 Å². The van der Waals surface area contributed by atoms with E-state index >= 15 is 0 Å². The lowest BCUT2D eigenvalue weighted by Crippen LogP contribution is -2.21. The normalized spacial score (nSPS) is 14.9. The van der Waals surface area contributed by atoms with Crippen LogP contribution in [0.25, 0.3) is 0 Å². The molecule has 2 unspecified atom stereocenters. The van der Waals surface area contributed by atoms with Crippen LogP contribution in [-0.4, -0.2) is 12.6 Å². The fraction of sp³-hybridized carbons (Fsp3) is 0.692. The van der Waals surface area contributed by atoms with Gasteiger partial charge < -0.3 is 15.5 Å².